The van der Waals surface area contributed by atoms with Gasteiger partial charge in [-0.15, -0.1) is 0 Å². The van der Waals surface area contributed by atoms with Gasteiger partial charge in [0.2, 0.25) is 0 Å². The molecule has 110 valence electrons. The molecule has 0 saturated carbocycles. The van der Waals surface area contributed by atoms with E-state index < -0.39 is 0 Å². The van der Waals surface area contributed by atoms with Crippen molar-refractivity contribution in [3.05, 3.63) is 64.1 Å². The van der Waals surface area contributed by atoms with Crippen LogP contribution in [0.3, 0.4) is 0 Å². The van der Waals surface area contributed by atoms with Crippen LogP contribution in [0.25, 0.3) is 0 Å². The minimum atomic E-state index is -0.0936. The molecule has 1 atom stereocenters. The van der Waals surface area contributed by atoms with Crippen LogP contribution in [0.1, 0.15) is 35.8 Å². The zero-order valence-corrected chi connectivity index (χ0v) is 13.7. The van der Waals surface area contributed by atoms with Gasteiger partial charge in [-0.25, -0.2) is 0 Å². The fourth-order valence-electron chi connectivity index (χ4n) is 2.02. The molecule has 0 bridgehead atoms. The van der Waals surface area contributed by atoms with Gasteiger partial charge in [0.05, 0.1) is 18.2 Å². The average molecular weight is 348 g/mol. The standard InChI is InChI=1S/C17H18BrNO2/c1-3-21-14-10-8-13(9-11-14)12(2)19-17(20)15-6-4-5-7-16(15)18/h4-12H,3H2,1-2H3,(H,19,20)/t12-/m0/s1. The Morgan fingerprint density at radius 2 is 1.86 bits per heavy atom. The van der Waals surface area contributed by atoms with Crippen molar-refractivity contribution in [2.45, 2.75) is 19.9 Å². The van der Waals surface area contributed by atoms with E-state index in [0.717, 1.165) is 15.8 Å². The first kappa shape index (κ1) is 15.6. The molecule has 2 aromatic carbocycles. The number of amides is 1. The first-order valence-electron chi connectivity index (χ1n) is 6.90. The highest BCUT2D eigenvalue weighted by Gasteiger charge is 2.13. The van der Waals surface area contributed by atoms with Gasteiger partial charge in [0.15, 0.2) is 0 Å². The van der Waals surface area contributed by atoms with E-state index in [1.807, 2.05) is 56.3 Å². The Morgan fingerprint density at radius 1 is 1.19 bits per heavy atom. The molecule has 1 amide bonds. The minimum Gasteiger partial charge on any atom is -0.494 e. The third kappa shape index (κ3) is 4.08. The van der Waals surface area contributed by atoms with Crippen molar-refractivity contribution < 1.29 is 9.53 Å². The van der Waals surface area contributed by atoms with Crippen LogP contribution in [0, 0.1) is 0 Å². The number of halogens is 1. The Kier molecular flexibility index (Phi) is 5.39. The maximum Gasteiger partial charge on any atom is 0.252 e. The topological polar surface area (TPSA) is 38.3 Å². The molecule has 0 aromatic heterocycles. The Morgan fingerprint density at radius 3 is 2.48 bits per heavy atom. The third-order valence-electron chi connectivity index (χ3n) is 3.16. The number of carbonyl (C=O) groups is 1. The summed E-state index contributed by atoms with van der Waals surface area (Å²) in [6.45, 7) is 4.56. The fraction of sp³-hybridized carbons (Fsp3) is 0.235. The van der Waals surface area contributed by atoms with Gasteiger partial charge in [-0.1, -0.05) is 24.3 Å². The van der Waals surface area contributed by atoms with Crippen LogP contribution in [-0.4, -0.2) is 12.5 Å². The van der Waals surface area contributed by atoms with Crippen LogP contribution in [-0.2, 0) is 0 Å². The predicted octanol–water partition coefficient (Wildman–Crippen LogP) is 4.34. The smallest absolute Gasteiger partial charge is 0.252 e. The largest absolute Gasteiger partial charge is 0.494 e. The molecule has 0 aliphatic rings. The predicted molar refractivity (Wildman–Crippen MR) is 87.6 cm³/mol. The molecular weight excluding hydrogens is 330 g/mol. The van der Waals surface area contributed by atoms with E-state index in [9.17, 15) is 4.79 Å². The fourth-order valence-corrected chi connectivity index (χ4v) is 2.49. The monoisotopic (exact) mass is 347 g/mol. The molecule has 0 fully saturated rings. The highest BCUT2D eigenvalue weighted by molar-refractivity contribution is 9.10. The second-order valence-electron chi connectivity index (χ2n) is 4.68. The maximum absolute atomic E-state index is 12.3. The van der Waals surface area contributed by atoms with E-state index in [1.54, 1.807) is 6.07 Å². The minimum absolute atomic E-state index is 0.0692. The summed E-state index contributed by atoms with van der Waals surface area (Å²) in [5.41, 5.74) is 1.68. The van der Waals surface area contributed by atoms with Crippen molar-refractivity contribution in [1.29, 1.82) is 0 Å². The molecule has 0 saturated heterocycles. The van der Waals surface area contributed by atoms with Gasteiger partial charge in [0, 0.05) is 4.47 Å². The number of nitrogens with one attached hydrogen (secondary N) is 1. The average Bonchev–Trinajstić information content (AvgIpc) is 2.48. The molecule has 0 aliphatic heterocycles. The van der Waals surface area contributed by atoms with Gasteiger partial charge in [-0.3, -0.25) is 4.79 Å². The van der Waals surface area contributed by atoms with Crippen LogP contribution in [0.15, 0.2) is 53.0 Å². The third-order valence-corrected chi connectivity index (χ3v) is 3.85. The SMILES string of the molecule is CCOc1ccc([C@H](C)NC(=O)c2ccccc2Br)cc1. The first-order valence-corrected chi connectivity index (χ1v) is 7.69. The molecule has 0 heterocycles. The summed E-state index contributed by atoms with van der Waals surface area (Å²) in [7, 11) is 0. The summed E-state index contributed by atoms with van der Waals surface area (Å²) in [6, 6.07) is 15.1. The van der Waals surface area contributed by atoms with Crippen molar-refractivity contribution in [3.8, 4) is 5.75 Å². The molecule has 4 heteroatoms. The Hall–Kier alpha value is -1.81. The number of carbonyl (C=O) groups excluding carboxylic acids is 1. The summed E-state index contributed by atoms with van der Waals surface area (Å²) in [5.74, 6) is 0.745. The lowest BCUT2D eigenvalue weighted by Gasteiger charge is -2.15. The maximum atomic E-state index is 12.3. The summed E-state index contributed by atoms with van der Waals surface area (Å²) >= 11 is 3.39. The van der Waals surface area contributed by atoms with E-state index in [2.05, 4.69) is 21.2 Å². The van der Waals surface area contributed by atoms with Gasteiger partial charge in [-0.2, -0.15) is 0 Å². The highest BCUT2D eigenvalue weighted by Crippen LogP contribution is 2.20. The Labute approximate surface area is 133 Å². The second-order valence-corrected chi connectivity index (χ2v) is 5.53. The van der Waals surface area contributed by atoms with Gasteiger partial charge in [0.25, 0.3) is 5.91 Å². The van der Waals surface area contributed by atoms with E-state index in [1.165, 1.54) is 0 Å². The summed E-state index contributed by atoms with van der Waals surface area (Å²) < 4.78 is 6.21. The van der Waals surface area contributed by atoms with Crippen molar-refractivity contribution in [2.24, 2.45) is 0 Å². The Balaban J connectivity index is 2.05. The summed E-state index contributed by atoms with van der Waals surface area (Å²) in [4.78, 5) is 12.3. The Bertz CT molecular complexity index is 610. The first-order chi connectivity index (χ1) is 10.1. The van der Waals surface area contributed by atoms with Crippen molar-refractivity contribution in [2.75, 3.05) is 6.61 Å². The van der Waals surface area contributed by atoms with Crippen LogP contribution < -0.4 is 10.1 Å². The molecule has 3 nitrogen and oxygen atoms in total. The molecule has 2 aromatic rings. The lowest BCUT2D eigenvalue weighted by atomic mass is 10.1. The van der Waals surface area contributed by atoms with Gasteiger partial charge >= 0.3 is 0 Å². The molecular formula is C17H18BrNO2. The quantitative estimate of drug-likeness (QED) is 0.873. The number of hydrogen-bond donors (Lipinski definition) is 1. The molecule has 0 radical (unpaired) electrons. The summed E-state index contributed by atoms with van der Waals surface area (Å²) in [5, 5.41) is 3.00. The number of hydrogen-bond acceptors (Lipinski definition) is 2. The normalized spacial score (nSPS) is 11.8. The van der Waals surface area contributed by atoms with Crippen LogP contribution in [0.4, 0.5) is 0 Å². The molecule has 0 unspecified atom stereocenters. The number of benzene rings is 2. The zero-order chi connectivity index (χ0) is 15.2. The molecule has 0 aliphatic carbocycles. The zero-order valence-electron chi connectivity index (χ0n) is 12.1. The molecule has 21 heavy (non-hydrogen) atoms. The lowest BCUT2D eigenvalue weighted by molar-refractivity contribution is 0.0939. The second kappa shape index (κ2) is 7.27. The van der Waals surface area contributed by atoms with Gasteiger partial charge in [0.1, 0.15) is 5.75 Å². The lowest BCUT2D eigenvalue weighted by Crippen LogP contribution is -2.26. The van der Waals surface area contributed by atoms with Crippen LogP contribution >= 0.6 is 15.9 Å². The highest BCUT2D eigenvalue weighted by atomic mass is 79.9. The number of rotatable bonds is 5. The van der Waals surface area contributed by atoms with Crippen LogP contribution in [0.2, 0.25) is 0 Å². The van der Waals surface area contributed by atoms with E-state index in [-0.39, 0.29) is 11.9 Å². The summed E-state index contributed by atoms with van der Waals surface area (Å²) in [6.07, 6.45) is 0. The molecule has 0 spiro atoms. The van der Waals surface area contributed by atoms with E-state index in [0.29, 0.717) is 12.2 Å². The van der Waals surface area contributed by atoms with Crippen LogP contribution in [0.5, 0.6) is 5.75 Å². The van der Waals surface area contributed by atoms with E-state index >= 15 is 0 Å². The number of ether oxygens (including phenoxy) is 1. The van der Waals surface area contributed by atoms with Crippen molar-refractivity contribution in [3.63, 3.8) is 0 Å². The van der Waals surface area contributed by atoms with Gasteiger partial charge in [-0.05, 0) is 59.6 Å². The van der Waals surface area contributed by atoms with E-state index in [4.69, 9.17) is 4.74 Å². The van der Waals surface area contributed by atoms with Gasteiger partial charge < -0.3 is 10.1 Å². The molecule has 1 N–H and O–H groups in total. The van der Waals surface area contributed by atoms with Crippen molar-refractivity contribution >= 4 is 21.8 Å². The van der Waals surface area contributed by atoms with Crippen molar-refractivity contribution in [1.82, 2.24) is 5.32 Å². The molecule has 2 rings (SSSR count).